The van der Waals surface area contributed by atoms with Gasteiger partial charge in [0.15, 0.2) is 17.3 Å². The predicted molar refractivity (Wildman–Crippen MR) is 94.5 cm³/mol. The number of fused-ring (bicyclic) bond motifs is 1. The quantitative estimate of drug-likeness (QED) is 0.768. The van der Waals surface area contributed by atoms with Crippen LogP contribution < -0.4 is 5.69 Å². The van der Waals surface area contributed by atoms with E-state index >= 15 is 0 Å². The molecule has 3 aromatic rings. The van der Waals surface area contributed by atoms with Gasteiger partial charge >= 0.3 is 5.69 Å². The Morgan fingerprint density at radius 1 is 1.19 bits per heavy atom. The molecule has 1 fully saturated rings. The van der Waals surface area contributed by atoms with Crippen molar-refractivity contribution in [1.29, 1.82) is 0 Å². The molecule has 0 unspecified atom stereocenters. The molecule has 3 heterocycles. The van der Waals surface area contributed by atoms with Crippen LogP contribution in [0.15, 0.2) is 41.3 Å². The Morgan fingerprint density at radius 3 is 2.70 bits per heavy atom. The fourth-order valence-electron chi connectivity index (χ4n) is 3.61. The number of likely N-dealkylation sites (tertiary alicyclic amines) is 1. The fourth-order valence-corrected chi connectivity index (χ4v) is 3.61. The van der Waals surface area contributed by atoms with Crippen LogP contribution in [-0.4, -0.2) is 38.5 Å². The zero-order valence-corrected chi connectivity index (χ0v) is 14.5. The van der Waals surface area contributed by atoms with Gasteiger partial charge in [0.1, 0.15) is 0 Å². The number of aromatic nitrogens is 3. The van der Waals surface area contributed by atoms with E-state index in [2.05, 4.69) is 10.2 Å². The largest absolute Gasteiger partial charge is 0.347 e. The topological polar surface area (TPSA) is 70.5 Å². The van der Waals surface area contributed by atoms with Gasteiger partial charge in [0.05, 0.1) is 5.56 Å². The molecule has 0 saturated carbocycles. The highest BCUT2D eigenvalue weighted by Crippen LogP contribution is 2.24. The van der Waals surface area contributed by atoms with Crippen molar-refractivity contribution in [1.82, 2.24) is 19.5 Å². The van der Waals surface area contributed by atoms with Crippen LogP contribution in [0.5, 0.6) is 0 Å². The molecule has 0 atom stereocenters. The Hall–Kier alpha value is -3.03. The second-order valence-corrected chi connectivity index (χ2v) is 6.83. The van der Waals surface area contributed by atoms with Gasteiger partial charge in [0.25, 0.3) is 5.91 Å². The lowest BCUT2D eigenvalue weighted by molar-refractivity contribution is 0.0692. The van der Waals surface area contributed by atoms with E-state index in [1.165, 1.54) is 10.5 Å². The van der Waals surface area contributed by atoms with Gasteiger partial charge in [-0.05, 0) is 55.0 Å². The average molecular weight is 372 g/mol. The number of rotatable bonds is 3. The maximum atomic E-state index is 13.4. The predicted octanol–water partition coefficient (Wildman–Crippen LogP) is 2.40. The second-order valence-electron chi connectivity index (χ2n) is 6.83. The summed E-state index contributed by atoms with van der Waals surface area (Å²) in [5.74, 6) is -1.53. The molecule has 1 aromatic carbocycles. The Bertz CT molecular complexity index is 1050. The minimum atomic E-state index is -0.842. The lowest BCUT2D eigenvalue weighted by atomic mass is 9.90. The number of nitrogens with zero attached hydrogens (tertiary/aromatic N) is 3. The number of H-pyrrole nitrogens is 1. The van der Waals surface area contributed by atoms with E-state index < -0.39 is 11.6 Å². The molecule has 1 N–H and O–H groups in total. The highest BCUT2D eigenvalue weighted by molar-refractivity contribution is 5.99. The molecule has 1 aliphatic rings. The third-order valence-corrected chi connectivity index (χ3v) is 5.08. The van der Waals surface area contributed by atoms with Gasteiger partial charge in [-0.15, -0.1) is 0 Å². The Labute approximate surface area is 153 Å². The third kappa shape index (κ3) is 3.34. The zero-order chi connectivity index (χ0) is 19.0. The summed E-state index contributed by atoms with van der Waals surface area (Å²) in [6.45, 7) is 1.14. The molecular weight excluding hydrogens is 354 g/mol. The lowest BCUT2D eigenvalue weighted by Gasteiger charge is -2.32. The van der Waals surface area contributed by atoms with Crippen molar-refractivity contribution in [2.75, 3.05) is 13.1 Å². The second kappa shape index (κ2) is 6.94. The van der Waals surface area contributed by atoms with Crippen LogP contribution in [0.1, 0.15) is 28.8 Å². The van der Waals surface area contributed by atoms with Crippen molar-refractivity contribution in [3.05, 3.63) is 69.8 Å². The number of aromatic amines is 1. The smallest absolute Gasteiger partial charge is 0.339 e. The first-order valence-electron chi connectivity index (χ1n) is 8.82. The zero-order valence-electron chi connectivity index (χ0n) is 14.5. The summed E-state index contributed by atoms with van der Waals surface area (Å²) in [5, 5.41) is 6.28. The molecule has 140 valence electrons. The summed E-state index contributed by atoms with van der Waals surface area (Å²) in [6, 6.07) is 7.29. The average Bonchev–Trinajstić information content (AvgIpc) is 3.06. The summed E-state index contributed by atoms with van der Waals surface area (Å²) >= 11 is 0. The van der Waals surface area contributed by atoms with Gasteiger partial charge < -0.3 is 4.90 Å². The van der Waals surface area contributed by atoms with E-state index in [9.17, 15) is 18.4 Å². The Kier molecular flexibility index (Phi) is 4.47. The molecule has 1 aliphatic heterocycles. The van der Waals surface area contributed by atoms with Crippen molar-refractivity contribution in [3.8, 4) is 0 Å². The van der Waals surface area contributed by atoms with Crippen LogP contribution in [0.25, 0.3) is 5.65 Å². The summed E-state index contributed by atoms with van der Waals surface area (Å²) < 4.78 is 27.7. The molecule has 0 aliphatic carbocycles. The molecule has 4 rings (SSSR count). The number of nitrogens with one attached hydrogen (secondary N) is 1. The van der Waals surface area contributed by atoms with Crippen molar-refractivity contribution < 1.29 is 13.6 Å². The maximum absolute atomic E-state index is 13.4. The number of carbonyl (C=O) groups excluding carboxylic acids is 1. The van der Waals surface area contributed by atoms with E-state index in [1.54, 1.807) is 29.3 Å². The fraction of sp³-hybridized carbons (Fsp3) is 0.316. The van der Waals surface area contributed by atoms with Gasteiger partial charge in [-0.2, -0.15) is 5.10 Å². The molecule has 2 aromatic heterocycles. The van der Waals surface area contributed by atoms with Crippen molar-refractivity contribution >= 4 is 11.6 Å². The van der Waals surface area contributed by atoms with Crippen LogP contribution in [0, 0.1) is 17.6 Å². The van der Waals surface area contributed by atoms with E-state index in [-0.39, 0.29) is 11.6 Å². The van der Waals surface area contributed by atoms with Crippen LogP contribution >= 0.6 is 0 Å². The molecular formula is C19H18F2N4O2. The minimum absolute atomic E-state index is 0.161. The molecule has 27 heavy (non-hydrogen) atoms. The van der Waals surface area contributed by atoms with Crippen LogP contribution in [0.4, 0.5) is 8.78 Å². The van der Waals surface area contributed by atoms with Crippen LogP contribution in [0.2, 0.25) is 0 Å². The highest BCUT2D eigenvalue weighted by atomic mass is 19.2. The van der Waals surface area contributed by atoms with Crippen molar-refractivity contribution in [2.24, 2.45) is 5.92 Å². The maximum Gasteiger partial charge on any atom is 0.347 e. The Morgan fingerprint density at radius 2 is 1.96 bits per heavy atom. The first-order valence-corrected chi connectivity index (χ1v) is 8.82. The molecule has 8 heteroatoms. The van der Waals surface area contributed by atoms with E-state index in [0.29, 0.717) is 36.6 Å². The monoisotopic (exact) mass is 372 g/mol. The van der Waals surface area contributed by atoms with Gasteiger partial charge in [0.2, 0.25) is 0 Å². The number of halogens is 2. The van der Waals surface area contributed by atoms with Crippen molar-refractivity contribution in [3.63, 3.8) is 0 Å². The molecule has 1 amide bonds. The van der Waals surface area contributed by atoms with Gasteiger partial charge in [-0.25, -0.2) is 23.1 Å². The number of hydrogen-bond acceptors (Lipinski definition) is 3. The van der Waals surface area contributed by atoms with E-state index in [1.807, 2.05) is 0 Å². The molecule has 0 bridgehead atoms. The third-order valence-electron chi connectivity index (χ3n) is 5.08. The van der Waals surface area contributed by atoms with Gasteiger partial charge in [-0.1, -0.05) is 6.07 Å². The highest BCUT2D eigenvalue weighted by Gasteiger charge is 2.26. The first kappa shape index (κ1) is 17.4. The lowest BCUT2D eigenvalue weighted by Crippen LogP contribution is -2.39. The SMILES string of the molecule is O=C(c1cccn2c(=O)[nH]nc12)N1CCC(Cc2ccc(F)c(F)c2)CC1. The normalized spacial score (nSPS) is 15.4. The first-order chi connectivity index (χ1) is 13.0. The number of piperidine rings is 1. The number of pyridine rings is 1. The number of benzene rings is 1. The number of amides is 1. The molecule has 6 nitrogen and oxygen atoms in total. The summed E-state index contributed by atoms with van der Waals surface area (Å²) in [5.41, 5.74) is 1.08. The van der Waals surface area contributed by atoms with E-state index in [0.717, 1.165) is 24.5 Å². The Balaban J connectivity index is 1.43. The van der Waals surface area contributed by atoms with Gasteiger partial charge in [-0.3, -0.25) is 4.79 Å². The van der Waals surface area contributed by atoms with Crippen LogP contribution in [0.3, 0.4) is 0 Å². The standard InChI is InChI=1S/C19H18F2N4O2/c20-15-4-3-13(11-16(15)21)10-12-5-8-24(9-6-12)18(26)14-2-1-7-25-17(14)22-23-19(25)27/h1-4,7,11-12H,5-6,8-10H2,(H,23,27). The molecule has 0 radical (unpaired) electrons. The summed E-state index contributed by atoms with van der Waals surface area (Å²) in [7, 11) is 0. The number of hydrogen-bond donors (Lipinski definition) is 1. The van der Waals surface area contributed by atoms with Crippen molar-refractivity contribution in [2.45, 2.75) is 19.3 Å². The summed E-state index contributed by atoms with van der Waals surface area (Å²) in [6.07, 6.45) is 3.78. The van der Waals surface area contributed by atoms with E-state index in [4.69, 9.17) is 0 Å². The summed E-state index contributed by atoms with van der Waals surface area (Å²) in [4.78, 5) is 26.2. The number of carbonyl (C=O) groups is 1. The molecule has 1 saturated heterocycles. The molecule has 0 spiro atoms. The van der Waals surface area contributed by atoms with Gasteiger partial charge in [0, 0.05) is 19.3 Å². The van der Waals surface area contributed by atoms with Crippen LogP contribution in [-0.2, 0) is 6.42 Å². The minimum Gasteiger partial charge on any atom is -0.339 e.